The Morgan fingerprint density at radius 2 is 1.86 bits per heavy atom. The fourth-order valence-electron chi connectivity index (χ4n) is 2.89. The van der Waals surface area contributed by atoms with Crippen molar-refractivity contribution in [1.82, 2.24) is 10.6 Å². The summed E-state index contributed by atoms with van der Waals surface area (Å²) >= 11 is 0. The number of hydrogen-bond donors (Lipinski definition) is 3. The first-order valence-electron chi connectivity index (χ1n) is 8.71. The molecule has 3 N–H and O–H groups in total. The third-order valence-corrected chi connectivity index (χ3v) is 6.08. The van der Waals surface area contributed by atoms with E-state index in [0.29, 0.717) is 17.7 Å². The number of carbonyl (C=O) groups excluding carboxylic acids is 2. The summed E-state index contributed by atoms with van der Waals surface area (Å²) in [7, 11) is -3.08. The molecular formula is C19H20FN3O4S. The highest BCUT2D eigenvalue weighted by Crippen LogP contribution is 2.13. The lowest BCUT2D eigenvalue weighted by atomic mass is 10.1. The van der Waals surface area contributed by atoms with Gasteiger partial charge in [0.15, 0.2) is 9.84 Å². The molecule has 2 aromatic carbocycles. The minimum absolute atomic E-state index is 0.0632. The van der Waals surface area contributed by atoms with Crippen LogP contribution in [0, 0.1) is 5.82 Å². The quantitative estimate of drug-likeness (QED) is 0.708. The van der Waals surface area contributed by atoms with E-state index in [-0.39, 0.29) is 29.8 Å². The van der Waals surface area contributed by atoms with Crippen molar-refractivity contribution in [2.45, 2.75) is 19.0 Å². The molecular weight excluding hydrogens is 385 g/mol. The molecule has 1 aliphatic rings. The van der Waals surface area contributed by atoms with Gasteiger partial charge in [-0.2, -0.15) is 0 Å². The van der Waals surface area contributed by atoms with Crippen LogP contribution in [0.3, 0.4) is 0 Å². The van der Waals surface area contributed by atoms with Crippen molar-refractivity contribution in [2.24, 2.45) is 0 Å². The molecule has 1 fully saturated rings. The number of amides is 3. The van der Waals surface area contributed by atoms with Gasteiger partial charge in [0, 0.05) is 23.8 Å². The molecule has 28 heavy (non-hydrogen) atoms. The van der Waals surface area contributed by atoms with E-state index in [2.05, 4.69) is 16.0 Å². The number of benzene rings is 2. The molecule has 1 heterocycles. The molecule has 9 heteroatoms. The van der Waals surface area contributed by atoms with Crippen LogP contribution in [0.5, 0.6) is 0 Å². The summed E-state index contributed by atoms with van der Waals surface area (Å²) in [4.78, 5) is 24.3. The van der Waals surface area contributed by atoms with Gasteiger partial charge < -0.3 is 16.0 Å². The average Bonchev–Trinajstić information content (AvgIpc) is 2.99. The number of nitrogens with one attached hydrogen (secondary N) is 3. The van der Waals surface area contributed by atoms with Crippen LogP contribution in [0.2, 0.25) is 0 Å². The van der Waals surface area contributed by atoms with Crippen molar-refractivity contribution >= 4 is 27.5 Å². The Morgan fingerprint density at radius 3 is 2.54 bits per heavy atom. The molecule has 3 amide bonds. The normalized spacial score (nSPS) is 17.7. The third-order valence-electron chi connectivity index (χ3n) is 4.32. The van der Waals surface area contributed by atoms with Crippen LogP contribution in [0.15, 0.2) is 48.5 Å². The second kappa shape index (κ2) is 8.39. The van der Waals surface area contributed by atoms with E-state index in [0.717, 1.165) is 5.56 Å². The Labute approximate surface area is 162 Å². The lowest BCUT2D eigenvalue weighted by Gasteiger charge is -2.13. The minimum atomic E-state index is -3.08. The topological polar surface area (TPSA) is 104 Å². The van der Waals surface area contributed by atoms with Crippen LogP contribution in [-0.2, 0) is 16.4 Å². The van der Waals surface area contributed by atoms with Gasteiger partial charge in [-0.3, -0.25) is 4.79 Å². The highest BCUT2D eigenvalue weighted by molar-refractivity contribution is 7.91. The molecule has 0 spiro atoms. The second-order valence-electron chi connectivity index (χ2n) is 6.59. The van der Waals surface area contributed by atoms with Gasteiger partial charge in [-0.1, -0.05) is 18.2 Å². The van der Waals surface area contributed by atoms with E-state index in [4.69, 9.17) is 0 Å². The lowest BCUT2D eigenvalue weighted by molar-refractivity contribution is 0.0951. The SMILES string of the molecule is O=C(Nc1cccc(C(=O)NCc2ccc(F)cc2)c1)N[C@H]1CCS(=O)(=O)C1. The number of sulfone groups is 1. The molecule has 148 valence electrons. The third kappa shape index (κ3) is 5.53. The van der Waals surface area contributed by atoms with E-state index >= 15 is 0 Å². The first-order chi connectivity index (χ1) is 13.3. The van der Waals surface area contributed by atoms with Crippen molar-refractivity contribution in [3.63, 3.8) is 0 Å². The molecule has 0 saturated carbocycles. The summed E-state index contributed by atoms with van der Waals surface area (Å²) in [5.41, 5.74) is 1.52. The Hall–Kier alpha value is -2.94. The minimum Gasteiger partial charge on any atom is -0.348 e. The maximum atomic E-state index is 12.9. The molecule has 0 unspecified atom stereocenters. The number of urea groups is 1. The van der Waals surface area contributed by atoms with Gasteiger partial charge in [-0.15, -0.1) is 0 Å². The van der Waals surface area contributed by atoms with Crippen molar-refractivity contribution in [2.75, 3.05) is 16.8 Å². The summed E-state index contributed by atoms with van der Waals surface area (Å²) in [5, 5.41) is 7.95. The van der Waals surface area contributed by atoms with Crippen LogP contribution in [0.4, 0.5) is 14.9 Å². The smallest absolute Gasteiger partial charge is 0.319 e. The van der Waals surface area contributed by atoms with Crippen LogP contribution < -0.4 is 16.0 Å². The summed E-state index contributed by atoms with van der Waals surface area (Å²) in [6, 6.07) is 11.3. The predicted octanol–water partition coefficient (Wildman–Crippen LogP) is 2.06. The zero-order valence-electron chi connectivity index (χ0n) is 14.9. The average molecular weight is 405 g/mol. The van der Waals surface area contributed by atoms with Gasteiger partial charge >= 0.3 is 6.03 Å². The van der Waals surface area contributed by atoms with Crippen LogP contribution >= 0.6 is 0 Å². The Kier molecular flexibility index (Phi) is 5.93. The fraction of sp³-hybridized carbons (Fsp3) is 0.263. The van der Waals surface area contributed by atoms with Crippen LogP contribution in [-0.4, -0.2) is 37.9 Å². The fourth-order valence-corrected chi connectivity index (χ4v) is 4.56. The molecule has 0 bridgehead atoms. The van der Waals surface area contributed by atoms with Crippen molar-refractivity contribution < 1.29 is 22.4 Å². The molecule has 0 radical (unpaired) electrons. The van der Waals surface area contributed by atoms with Gasteiger partial charge in [-0.25, -0.2) is 17.6 Å². The maximum absolute atomic E-state index is 12.9. The predicted molar refractivity (Wildman–Crippen MR) is 103 cm³/mol. The Morgan fingerprint density at radius 1 is 1.11 bits per heavy atom. The highest BCUT2D eigenvalue weighted by Gasteiger charge is 2.28. The van der Waals surface area contributed by atoms with E-state index in [1.54, 1.807) is 30.3 Å². The lowest BCUT2D eigenvalue weighted by Crippen LogP contribution is -2.38. The van der Waals surface area contributed by atoms with Gasteiger partial charge in [0.1, 0.15) is 5.82 Å². The van der Waals surface area contributed by atoms with Gasteiger partial charge in [0.25, 0.3) is 5.91 Å². The van der Waals surface area contributed by atoms with Crippen molar-refractivity contribution in [3.05, 3.63) is 65.5 Å². The zero-order chi connectivity index (χ0) is 20.1. The van der Waals surface area contributed by atoms with Crippen molar-refractivity contribution in [3.8, 4) is 0 Å². The number of carbonyl (C=O) groups is 2. The molecule has 1 saturated heterocycles. The van der Waals surface area contributed by atoms with E-state index in [9.17, 15) is 22.4 Å². The summed E-state index contributed by atoms with van der Waals surface area (Å²) in [5.74, 6) is -0.675. The van der Waals surface area contributed by atoms with E-state index in [1.807, 2.05) is 0 Å². The number of hydrogen-bond acceptors (Lipinski definition) is 4. The summed E-state index contributed by atoms with van der Waals surface area (Å²) in [6.45, 7) is 0.243. The molecule has 1 aliphatic heterocycles. The molecule has 2 aromatic rings. The standard InChI is InChI=1S/C19H20FN3O4S/c20-15-6-4-13(5-7-15)11-21-18(24)14-2-1-3-16(10-14)22-19(25)23-17-8-9-28(26,27)12-17/h1-7,10,17H,8-9,11-12H2,(H,21,24)(H2,22,23,25)/t17-/m0/s1. The van der Waals surface area contributed by atoms with Crippen LogP contribution in [0.25, 0.3) is 0 Å². The van der Waals surface area contributed by atoms with Crippen molar-refractivity contribution in [1.29, 1.82) is 0 Å². The monoisotopic (exact) mass is 405 g/mol. The molecule has 1 atom stereocenters. The number of halogens is 1. The first-order valence-corrected chi connectivity index (χ1v) is 10.5. The molecule has 0 aromatic heterocycles. The molecule has 0 aliphatic carbocycles. The number of anilines is 1. The summed E-state index contributed by atoms with van der Waals surface area (Å²) in [6.07, 6.45) is 0.390. The highest BCUT2D eigenvalue weighted by atomic mass is 32.2. The van der Waals surface area contributed by atoms with Gasteiger partial charge in [0.05, 0.1) is 11.5 Å². The van der Waals surface area contributed by atoms with E-state index in [1.165, 1.54) is 18.2 Å². The van der Waals surface area contributed by atoms with E-state index < -0.39 is 21.9 Å². The molecule has 3 rings (SSSR count). The molecule has 7 nitrogen and oxygen atoms in total. The van der Waals surface area contributed by atoms with Crippen LogP contribution in [0.1, 0.15) is 22.3 Å². The van der Waals surface area contributed by atoms with Gasteiger partial charge in [-0.05, 0) is 42.3 Å². The largest absolute Gasteiger partial charge is 0.348 e. The Bertz CT molecular complexity index is 977. The summed E-state index contributed by atoms with van der Waals surface area (Å²) < 4.78 is 35.8. The van der Waals surface area contributed by atoms with Gasteiger partial charge in [0.2, 0.25) is 0 Å². The Balaban J connectivity index is 1.54. The second-order valence-corrected chi connectivity index (χ2v) is 8.82. The zero-order valence-corrected chi connectivity index (χ0v) is 15.8. The maximum Gasteiger partial charge on any atom is 0.319 e. The number of rotatable bonds is 5. The first kappa shape index (κ1) is 19.8.